The maximum atomic E-state index is 10.8. The van der Waals surface area contributed by atoms with Crippen LogP contribution in [-0.4, -0.2) is 98.3 Å². The Bertz CT molecular complexity index is 358. The Hall–Kier alpha value is -1.05. The summed E-state index contributed by atoms with van der Waals surface area (Å²) in [5.74, 6) is 0. The molecule has 7 N–H and O–H groups in total. The van der Waals surface area contributed by atoms with E-state index in [0.717, 1.165) is 0 Å². The van der Waals surface area contributed by atoms with Crippen LogP contribution in [0.2, 0.25) is 0 Å². The van der Waals surface area contributed by atoms with Crippen molar-refractivity contribution in [1.82, 2.24) is 0 Å². The SMILES string of the molecule is NCCOCCOCCO[C@H]1OC(CO)[C@@H](OC(N)=O)C(O)C1O. The Morgan fingerprint density at radius 1 is 1.04 bits per heavy atom. The van der Waals surface area contributed by atoms with Crippen LogP contribution in [0.25, 0.3) is 0 Å². The van der Waals surface area contributed by atoms with Crippen molar-refractivity contribution in [3.8, 4) is 0 Å². The van der Waals surface area contributed by atoms with Gasteiger partial charge in [-0.05, 0) is 0 Å². The maximum Gasteiger partial charge on any atom is 0.404 e. The van der Waals surface area contributed by atoms with Crippen LogP contribution < -0.4 is 11.5 Å². The standard InChI is InChI=1S/C13H26N2O9/c14-1-2-20-3-4-21-5-6-22-12-10(18)9(17)11(24-13(15)19)8(7-16)23-12/h8-12,16-18H,1-7,14H2,(H2,15,19)/t8?,9?,10?,11-,12+/m1/s1. The first kappa shape index (κ1) is 21.0. The lowest BCUT2D eigenvalue weighted by molar-refractivity contribution is -0.301. The van der Waals surface area contributed by atoms with E-state index in [1.54, 1.807) is 0 Å². The summed E-state index contributed by atoms with van der Waals surface area (Å²) >= 11 is 0. The summed E-state index contributed by atoms with van der Waals surface area (Å²) in [4.78, 5) is 10.8. The van der Waals surface area contributed by atoms with Crippen LogP contribution in [0.5, 0.6) is 0 Å². The number of rotatable bonds is 11. The molecule has 1 aliphatic heterocycles. The lowest BCUT2D eigenvalue weighted by Crippen LogP contribution is -2.60. The van der Waals surface area contributed by atoms with Crippen molar-refractivity contribution in [2.45, 2.75) is 30.7 Å². The lowest BCUT2D eigenvalue weighted by atomic mass is 9.99. The zero-order valence-electron chi connectivity index (χ0n) is 13.3. The zero-order valence-corrected chi connectivity index (χ0v) is 13.3. The number of nitrogens with two attached hydrogens (primary N) is 2. The van der Waals surface area contributed by atoms with Crippen molar-refractivity contribution in [1.29, 1.82) is 0 Å². The second-order valence-electron chi connectivity index (χ2n) is 4.99. The van der Waals surface area contributed by atoms with Crippen LogP contribution in [0.3, 0.4) is 0 Å². The average molecular weight is 354 g/mol. The molecule has 1 aliphatic rings. The Labute approximate surface area is 139 Å². The van der Waals surface area contributed by atoms with E-state index in [9.17, 15) is 20.1 Å². The molecule has 3 unspecified atom stereocenters. The van der Waals surface area contributed by atoms with Crippen LogP contribution in [0.15, 0.2) is 0 Å². The van der Waals surface area contributed by atoms with Crippen molar-refractivity contribution in [3.05, 3.63) is 0 Å². The molecular formula is C13H26N2O9. The molecule has 11 nitrogen and oxygen atoms in total. The summed E-state index contributed by atoms with van der Waals surface area (Å²) in [6.07, 6.45) is -7.73. The van der Waals surface area contributed by atoms with Crippen molar-refractivity contribution < 1.29 is 43.8 Å². The fourth-order valence-corrected chi connectivity index (χ4v) is 2.10. The van der Waals surface area contributed by atoms with Crippen molar-refractivity contribution in [2.24, 2.45) is 11.5 Å². The van der Waals surface area contributed by atoms with Gasteiger partial charge in [-0.1, -0.05) is 0 Å². The molecule has 0 radical (unpaired) electrons. The second kappa shape index (κ2) is 11.5. The molecule has 1 heterocycles. The fraction of sp³-hybridized carbons (Fsp3) is 0.923. The third-order valence-corrected chi connectivity index (χ3v) is 3.22. The molecule has 5 atom stereocenters. The number of aliphatic hydroxyl groups excluding tert-OH is 3. The highest BCUT2D eigenvalue weighted by molar-refractivity contribution is 5.65. The molecule has 11 heteroatoms. The monoisotopic (exact) mass is 354 g/mol. The van der Waals surface area contributed by atoms with Gasteiger partial charge in [-0.2, -0.15) is 0 Å². The molecule has 1 fully saturated rings. The molecule has 0 aromatic heterocycles. The van der Waals surface area contributed by atoms with Gasteiger partial charge in [-0.15, -0.1) is 0 Å². The van der Waals surface area contributed by atoms with Gasteiger partial charge in [0.2, 0.25) is 0 Å². The summed E-state index contributed by atoms with van der Waals surface area (Å²) in [6, 6.07) is 0. The second-order valence-corrected chi connectivity index (χ2v) is 4.99. The van der Waals surface area contributed by atoms with Gasteiger partial charge in [-0.3, -0.25) is 0 Å². The summed E-state index contributed by atoms with van der Waals surface area (Å²) < 4.78 is 25.6. The normalized spacial score (nSPS) is 30.2. The number of amides is 1. The van der Waals surface area contributed by atoms with Gasteiger partial charge >= 0.3 is 6.09 Å². The van der Waals surface area contributed by atoms with Crippen LogP contribution in [0.4, 0.5) is 4.79 Å². The van der Waals surface area contributed by atoms with E-state index < -0.39 is 43.4 Å². The highest BCUT2D eigenvalue weighted by Crippen LogP contribution is 2.24. The number of ether oxygens (including phenoxy) is 5. The molecule has 0 aromatic carbocycles. The van der Waals surface area contributed by atoms with E-state index >= 15 is 0 Å². The highest BCUT2D eigenvalue weighted by Gasteiger charge is 2.46. The fourth-order valence-electron chi connectivity index (χ4n) is 2.10. The van der Waals surface area contributed by atoms with E-state index in [2.05, 4.69) is 4.74 Å². The third kappa shape index (κ3) is 6.83. The molecule has 1 amide bonds. The molecule has 0 bridgehead atoms. The molecule has 24 heavy (non-hydrogen) atoms. The van der Waals surface area contributed by atoms with E-state index in [0.29, 0.717) is 26.4 Å². The van der Waals surface area contributed by atoms with Gasteiger partial charge in [0.1, 0.15) is 18.3 Å². The Morgan fingerprint density at radius 3 is 2.25 bits per heavy atom. The number of primary amides is 1. The van der Waals surface area contributed by atoms with Gasteiger partial charge in [-0.25, -0.2) is 4.79 Å². The quantitative estimate of drug-likeness (QED) is 0.239. The topological polar surface area (TPSA) is 176 Å². The van der Waals surface area contributed by atoms with Gasteiger partial charge < -0.3 is 50.5 Å². The molecule has 0 saturated carbocycles. The highest BCUT2D eigenvalue weighted by atomic mass is 16.7. The summed E-state index contributed by atoms with van der Waals surface area (Å²) in [5.41, 5.74) is 10.1. The van der Waals surface area contributed by atoms with Gasteiger partial charge in [0.25, 0.3) is 0 Å². The molecule has 0 aliphatic carbocycles. The maximum absolute atomic E-state index is 10.8. The van der Waals surface area contributed by atoms with Crippen LogP contribution >= 0.6 is 0 Å². The minimum Gasteiger partial charge on any atom is -0.441 e. The van der Waals surface area contributed by atoms with Crippen LogP contribution in [-0.2, 0) is 23.7 Å². The van der Waals surface area contributed by atoms with Crippen molar-refractivity contribution in [3.63, 3.8) is 0 Å². The minimum absolute atomic E-state index is 0.0742. The molecular weight excluding hydrogens is 328 g/mol. The minimum atomic E-state index is -1.51. The Morgan fingerprint density at radius 2 is 1.67 bits per heavy atom. The van der Waals surface area contributed by atoms with Crippen molar-refractivity contribution >= 4 is 6.09 Å². The Balaban J connectivity index is 2.32. The van der Waals surface area contributed by atoms with Crippen LogP contribution in [0.1, 0.15) is 0 Å². The molecule has 0 spiro atoms. The molecule has 0 aromatic rings. The smallest absolute Gasteiger partial charge is 0.404 e. The average Bonchev–Trinajstić information content (AvgIpc) is 2.55. The predicted octanol–water partition coefficient (Wildman–Crippen LogP) is -3.10. The summed E-state index contributed by atoms with van der Waals surface area (Å²) in [7, 11) is 0. The lowest BCUT2D eigenvalue weighted by Gasteiger charge is -2.40. The van der Waals surface area contributed by atoms with E-state index in [1.807, 2.05) is 0 Å². The molecule has 142 valence electrons. The molecule has 1 saturated heterocycles. The van der Waals surface area contributed by atoms with Gasteiger partial charge in [0.15, 0.2) is 12.4 Å². The first-order chi connectivity index (χ1) is 11.5. The predicted molar refractivity (Wildman–Crippen MR) is 78.9 cm³/mol. The first-order valence-electron chi connectivity index (χ1n) is 7.57. The van der Waals surface area contributed by atoms with Crippen LogP contribution in [0, 0.1) is 0 Å². The number of hydrogen-bond donors (Lipinski definition) is 5. The number of carbonyl (C=O) groups is 1. The number of aliphatic hydroxyl groups is 3. The third-order valence-electron chi connectivity index (χ3n) is 3.22. The zero-order chi connectivity index (χ0) is 17.9. The Kier molecular flexibility index (Phi) is 10.1. The van der Waals surface area contributed by atoms with E-state index in [4.69, 9.17) is 30.4 Å². The van der Waals surface area contributed by atoms with E-state index in [1.165, 1.54) is 0 Å². The number of hydrogen-bond acceptors (Lipinski definition) is 10. The largest absolute Gasteiger partial charge is 0.441 e. The molecule has 1 rings (SSSR count). The number of carbonyl (C=O) groups excluding carboxylic acids is 1. The van der Waals surface area contributed by atoms with E-state index in [-0.39, 0.29) is 13.2 Å². The van der Waals surface area contributed by atoms with Crippen molar-refractivity contribution in [2.75, 3.05) is 46.2 Å². The van der Waals surface area contributed by atoms with Gasteiger partial charge in [0.05, 0.1) is 39.6 Å². The first-order valence-corrected chi connectivity index (χ1v) is 7.57. The van der Waals surface area contributed by atoms with Gasteiger partial charge in [0, 0.05) is 6.54 Å². The summed E-state index contributed by atoms with van der Waals surface area (Å²) in [5, 5.41) is 29.2. The summed E-state index contributed by atoms with van der Waals surface area (Å²) in [6.45, 7) is 1.37.